The first kappa shape index (κ1) is 23.0. The molecule has 3 heterocycles. The molecule has 1 fully saturated rings. The van der Waals surface area contributed by atoms with Crippen LogP contribution in [0.4, 0.5) is 13.2 Å². The van der Waals surface area contributed by atoms with Crippen LogP contribution in [0, 0.1) is 25.7 Å². The van der Waals surface area contributed by atoms with Gasteiger partial charge in [0.15, 0.2) is 5.65 Å². The van der Waals surface area contributed by atoms with Gasteiger partial charge in [-0.15, -0.1) is 24.8 Å². The lowest BCUT2D eigenvalue weighted by atomic mass is 9.96. The number of aryl methyl sites for hydroxylation is 2. The van der Waals surface area contributed by atoms with Crippen molar-refractivity contribution >= 4 is 47.7 Å². The summed E-state index contributed by atoms with van der Waals surface area (Å²) in [7, 11) is 0. The summed E-state index contributed by atoms with van der Waals surface area (Å²) >= 11 is 0. The fourth-order valence-corrected chi connectivity index (χ4v) is 3.19. The summed E-state index contributed by atoms with van der Waals surface area (Å²) in [5, 5.41) is 16.2. The number of nitrogens with one attached hydrogen (secondary N) is 1. The number of carbonyl (C=O) groups excluding carboxylic acids is 1. The number of aromatic amines is 1. The molecule has 1 amide bonds. The molecule has 2 aromatic rings. The van der Waals surface area contributed by atoms with E-state index in [2.05, 4.69) is 15.2 Å². The minimum Gasteiger partial charge on any atom is -0.481 e. The van der Waals surface area contributed by atoms with Gasteiger partial charge in [0.1, 0.15) is 0 Å². The molecule has 0 aliphatic carbocycles. The highest BCUT2D eigenvalue weighted by molar-refractivity contribution is 6.06. The van der Waals surface area contributed by atoms with E-state index in [0.717, 1.165) is 4.90 Å². The first-order chi connectivity index (χ1) is 11.6. The molecule has 3 rings (SSSR count). The van der Waals surface area contributed by atoms with Gasteiger partial charge in [-0.3, -0.25) is 14.7 Å². The molecule has 12 heteroatoms. The van der Waals surface area contributed by atoms with E-state index in [1.807, 2.05) is 0 Å². The van der Waals surface area contributed by atoms with Gasteiger partial charge >= 0.3 is 12.1 Å². The average molecular weight is 429 g/mol. The Bertz CT molecular complexity index is 872. The number of hydrogen-bond acceptors (Lipinski definition) is 4. The maximum Gasteiger partial charge on any atom is 0.394 e. The number of carboxylic acids is 1. The van der Waals surface area contributed by atoms with Crippen LogP contribution >= 0.6 is 24.8 Å². The van der Waals surface area contributed by atoms with Crippen LogP contribution in [-0.2, 0) is 4.79 Å². The summed E-state index contributed by atoms with van der Waals surface area (Å²) in [4.78, 5) is 29.1. The minimum absolute atomic E-state index is 0. The van der Waals surface area contributed by atoms with Crippen LogP contribution in [0.25, 0.3) is 11.0 Å². The van der Waals surface area contributed by atoms with Gasteiger partial charge in [0.25, 0.3) is 5.91 Å². The van der Waals surface area contributed by atoms with Crippen LogP contribution in [0.3, 0.4) is 0 Å². The number of H-pyrrole nitrogens is 1. The molecule has 0 spiro atoms. The van der Waals surface area contributed by atoms with E-state index in [9.17, 15) is 22.8 Å². The van der Waals surface area contributed by atoms with E-state index in [1.54, 1.807) is 13.8 Å². The van der Waals surface area contributed by atoms with Crippen LogP contribution in [0.2, 0.25) is 0 Å². The van der Waals surface area contributed by atoms with Crippen LogP contribution < -0.4 is 0 Å². The summed E-state index contributed by atoms with van der Waals surface area (Å²) in [6.07, 6.45) is -4.69. The molecular formula is C15H17Cl2F3N4O3. The standard InChI is InChI=1S/C15H15F3N4O3.2ClH/c1-6-3-8(11-7(2)20-21-12(11)19-6)13(23)22-4-9(14(24)25)10(5-22)15(16,17)18;;/h3,9-10H,4-5H2,1-2H3,(H,24,25)(H,19,20,21);2*1H/t9-,10-;;/m1../s1. The second-order valence-corrected chi connectivity index (χ2v) is 6.16. The molecule has 2 atom stereocenters. The SMILES string of the molecule is Cc1cc(C(=O)N2C[C@@H](C(F)(F)F)[C@H](C(=O)O)C2)c2c(C)[nH]nc2n1.Cl.Cl. The first-order valence-corrected chi connectivity index (χ1v) is 7.50. The lowest BCUT2D eigenvalue weighted by Crippen LogP contribution is -2.34. The van der Waals surface area contributed by atoms with Gasteiger partial charge in [-0.25, -0.2) is 4.98 Å². The smallest absolute Gasteiger partial charge is 0.394 e. The fourth-order valence-electron chi connectivity index (χ4n) is 3.19. The Morgan fingerprint density at radius 1 is 1.26 bits per heavy atom. The van der Waals surface area contributed by atoms with Crippen LogP contribution in [0.15, 0.2) is 6.07 Å². The zero-order valence-corrected chi connectivity index (χ0v) is 15.8. The number of pyridine rings is 1. The number of nitrogens with zero attached hydrogens (tertiary/aromatic N) is 3. The molecular weight excluding hydrogens is 412 g/mol. The van der Waals surface area contributed by atoms with E-state index in [0.29, 0.717) is 22.4 Å². The number of aromatic nitrogens is 3. The van der Waals surface area contributed by atoms with Crippen molar-refractivity contribution < 1.29 is 27.9 Å². The first-order valence-electron chi connectivity index (χ1n) is 7.50. The van der Waals surface area contributed by atoms with E-state index in [1.165, 1.54) is 6.07 Å². The fraction of sp³-hybridized carbons (Fsp3) is 0.467. The Balaban J connectivity index is 0.00000182. The third-order valence-corrected chi connectivity index (χ3v) is 4.41. The highest BCUT2D eigenvalue weighted by atomic mass is 35.5. The van der Waals surface area contributed by atoms with E-state index in [-0.39, 0.29) is 30.4 Å². The maximum atomic E-state index is 13.1. The molecule has 2 aromatic heterocycles. The summed E-state index contributed by atoms with van der Waals surface area (Å²) in [6, 6.07) is 1.48. The van der Waals surface area contributed by atoms with Gasteiger partial charge in [0.05, 0.1) is 22.8 Å². The largest absolute Gasteiger partial charge is 0.481 e. The van der Waals surface area contributed by atoms with Crippen molar-refractivity contribution in [1.82, 2.24) is 20.1 Å². The van der Waals surface area contributed by atoms with Gasteiger partial charge in [-0.05, 0) is 19.9 Å². The molecule has 0 aromatic carbocycles. The Morgan fingerprint density at radius 3 is 2.41 bits per heavy atom. The van der Waals surface area contributed by atoms with Gasteiger partial charge in [-0.2, -0.15) is 18.3 Å². The second kappa shape index (κ2) is 7.89. The molecule has 7 nitrogen and oxygen atoms in total. The zero-order chi connectivity index (χ0) is 18.5. The van der Waals surface area contributed by atoms with Gasteiger partial charge in [-0.1, -0.05) is 0 Å². The quantitative estimate of drug-likeness (QED) is 0.765. The number of carboxylic acid groups (broad SMARTS) is 1. The number of aliphatic carboxylic acids is 1. The summed E-state index contributed by atoms with van der Waals surface area (Å²) in [5.41, 5.74) is 1.51. The monoisotopic (exact) mass is 428 g/mol. The third kappa shape index (κ3) is 4.11. The maximum absolute atomic E-state index is 13.1. The topological polar surface area (TPSA) is 99.2 Å². The number of alkyl halides is 3. The van der Waals surface area contributed by atoms with E-state index >= 15 is 0 Å². The Hall–Kier alpha value is -2.07. The van der Waals surface area contributed by atoms with Crippen LogP contribution in [-0.4, -0.2) is 56.3 Å². The lowest BCUT2D eigenvalue weighted by Gasteiger charge is -2.18. The molecule has 0 bridgehead atoms. The van der Waals surface area contributed by atoms with Crippen molar-refractivity contribution in [3.8, 4) is 0 Å². The van der Waals surface area contributed by atoms with Gasteiger partial charge < -0.3 is 10.0 Å². The van der Waals surface area contributed by atoms with Crippen molar-refractivity contribution in [3.05, 3.63) is 23.0 Å². The van der Waals surface area contributed by atoms with Crippen molar-refractivity contribution in [2.45, 2.75) is 20.0 Å². The predicted molar refractivity (Wildman–Crippen MR) is 94.4 cm³/mol. The Labute approximate surface area is 164 Å². The lowest BCUT2D eigenvalue weighted by molar-refractivity contribution is -0.187. The normalized spacial score (nSPS) is 19.5. The molecule has 0 saturated carbocycles. The van der Waals surface area contributed by atoms with Crippen LogP contribution in [0.5, 0.6) is 0 Å². The number of carbonyl (C=O) groups is 2. The molecule has 0 unspecified atom stereocenters. The summed E-state index contributed by atoms with van der Waals surface area (Å²) in [5.74, 6) is -5.98. The number of amides is 1. The zero-order valence-electron chi connectivity index (χ0n) is 14.2. The second-order valence-electron chi connectivity index (χ2n) is 6.16. The van der Waals surface area contributed by atoms with E-state index < -0.39 is 43.0 Å². The molecule has 27 heavy (non-hydrogen) atoms. The van der Waals surface area contributed by atoms with Gasteiger partial charge in [0.2, 0.25) is 0 Å². The average Bonchev–Trinajstić information content (AvgIpc) is 3.10. The predicted octanol–water partition coefficient (Wildman–Crippen LogP) is 2.75. The molecule has 1 saturated heterocycles. The van der Waals surface area contributed by atoms with Crippen molar-refractivity contribution in [1.29, 1.82) is 0 Å². The highest BCUT2D eigenvalue weighted by Gasteiger charge is 2.53. The summed E-state index contributed by atoms with van der Waals surface area (Å²) in [6.45, 7) is 2.14. The molecule has 150 valence electrons. The molecule has 0 radical (unpaired) electrons. The Kier molecular flexibility index (Phi) is 6.71. The minimum atomic E-state index is -4.69. The number of hydrogen-bond donors (Lipinski definition) is 2. The number of halogens is 5. The molecule has 1 aliphatic rings. The van der Waals surface area contributed by atoms with Crippen molar-refractivity contribution in [2.75, 3.05) is 13.1 Å². The van der Waals surface area contributed by atoms with Crippen molar-refractivity contribution in [3.63, 3.8) is 0 Å². The van der Waals surface area contributed by atoms with Gasteiger partial charge in [0, 0.05) is 24.5 Å². The number of likely N-dealkylation sites (tertiary alicyclic amines) is 1. The van der Waals surface area contributed by atoms with E-state index in [4.69, 9.17) is 5.11 Å². The van der Waals surface area contributed by atoms with Crippen LogP contribution in [0.1, 0.15) is 21.7 Å². The molecule has 1 aliphatic heterocycles. The Morgan fingerprint density at radius 2 is 1.89 bits per heavy atom. The number of fused-ring (bicyclic) bond motifs is 1. The highest BCUT2D eigenvalue weighted by Crippen LogP contribution is 2.38. The third-order valence-electron chi connectivity index (χ3n) is 4.41. The van der Waals surface area contributed by atoms with Crippen molar-refractivity contribution in [2.24, 2.45) is 11.8 Å². The number of rotatable bonds is 2. The molecule has 2 N–H and O–H groups in total. The summed E-state index contributed by atoms with van der Waals surface area (Å²) < 4.78 is 39.3.